The second-order valence-electron chi connectivity index (χ2n) is 5.78. The van der Waals surface area contributed by atoms with E-state index in [1.54, 1.807) is 36.2 Å². The molecule has 1 aliphatic heterocycles. The van der Waals surface area contributed by atoms with Crippen molar-refractivity contribution in [1.29, 1.82) is 0 Å². The van der Waals surface area contributed by atoms with Gasteiger partial charge in [0, 0.05) is 20.2 Å². The topological polar surface area (TPSA) is 75.8 Å². The summed E-state index contributed by atoms with van der Waals surface area (Å²) in [5.41, 5.74) is 6.96. The molecule has 1 aromatic rings. The Morgan fingerprint density at radius 2 is 2.19 bits per heavy atom. The first kappa shape index (κ1) is 15.8. The molecule has 5 nitrogen and oxygen atoms in total. The molecule has 0 saturated carbocycles. The molecule has 3 N–H and O–H groups in total. The lowest BCUT2D eigenvalue weighted by molar-refractivity contribution is -0.132. The normalized spacial score (nSPS) is 20.0. The standard InChI is InChI=1S/C16H24N2O3/c1-18(10-13-3-2-8-21-11-13)16(20)15(17)9-12-4-6-14(19)7-5-12/h4-7,13,15,19H,2-3,8-11,17H2,1H3/t13?,15-/m1/s1. The number of carbonyl (C=O) groups excluding carboxylic acids is 1. The maximum atomic E-state index is 12.3. The van der Waals surface area contributed by atoms with Crippen molar-refractivity contribution < 1.29 is 14.6 Å². The third-order valence-electron chi connectivity index (χ3n) is 3.87. The van der Waals surface area contributed by atoms with E-state index in [1.165, 1.54) is 0 Å². The summed E-state index contributed by atoms with van der Waals surface area (Å²) in [6, 6.07) is 6.24. The molecule has 21 heavy (non-hydrogen) atoms. The summed E-state index contributed by atoms with van der Waals surface area (Å²) in [6.07, 6.45) is 2.64. The summed E-state index contributed by atoms with van der Waals surface area (Å²) in [5, 5.41) is 9.25. The number of hydrogen-bond acceptors (Lipinski definition) is 4. The molecule has 1 aliphatic rings. The molecule has 0 spiro atoms. The Bertz CT molecular complexity index is 455. The summed E-state index contributed by atoms with van der Waals surface area (Å²) in [5.74, 6) is 0.579. The zero-order valence-corrected chi connectivity index (χ0v) is 12.5. The number of likely N-dealkylation sites (N-methyl/N-ethyl adjacent to an activating group) is 1. The highest BCUT2D eigenvalue weighted by Gasteiger charge is 2.22. The highest BCUT2D eigenvalue weighted by molar-refractivity contribution is 5.81. The molecular weight excluding hydrogens is 268 g/mol. The first-order valence-corrected chi connectivity index (χ1v) is 7.42. The van der Waals surface area contributed by atoms with Crippen LogP contribution in [-0.4, -0.2) is 48.8 Å². The van der Waals surface area contributed by atoms with Crippen molar-refractivity contribution in [3.8, 4) is 5.75 Å². The fourth-order valence-corrected chi connectivity index (χ4v) is 2.69. The molecule has 0 radical (unpaired) electrons. The van der Waals surface area contributed by atoms with E-state index in [-0.39, 0.29) is 11.7 Å². The van der Waals surface area contributed by atoms with Crippen LogP contribution in [0, 0.1) is 5.92 Å². The van der Waals surface area contributed by atoms with Crippen molar-refractivity contribution >= 4 is 5.91 Å². The van der Waals surface area contributed by atoms with Crippen LogP contribution in [0.2, 0.25) is 0 Å². The number of phenols is 1. The summed E-state index contributed by atoms with van der Waals surface area (Å²) in [7, 11) is 1.80. The summed E-state index contributed by atoms with van der Waals surface area (Å²) in [6.45, 7) is 2.25. The molecule has 5 heteroatoms. The molecular formula is C16H24N2O3. The Kier molecular flexibility index (Phi) is 5.59. The van der Waals surface area contributed by atoms with Crippen LogP contribution in [0.25, 0.3) is 0 Å². The summed E-state index contributed by atoms with van der Waals surface area (Å²) in [4.78, 5) is 14.0. The molecule has 1 heterocycles. The van der Waals surface area contributed by atoms with Crippen molar-refractivity contribution in [1.82, 2.24) is 4.90 Å². The van der Waals surface area contributed by atoms with E-state index in [9.17, 15) is 9.90 Å². The number of carbonyl (C=O) groups is 1. The molecule has 0 aromatic heterocycles. The largest absolute Gasteiger partial charge is 0.508 e. The van der Waals surface area contributed by atoms with Crippen molar-refractivity contribution in [3.63, 3.8) is 0 Å². The lowest BCUT2D eigenvalue weighted by Crippen LogP contribution is -2.45. The van der Waals surface area contributed by atoms with Crippen LogP contribution in [0.3, 0.4) is 0 Å². The predicted molar refractivity (Wildman–Crippen MR) is 81.0 cm³/mol. The molecule has 116 valence electrons. The summed E-state index contributed by atoms with van der Waals surface area (Å²) >= 11 is 0. The van der Waals surface area contributed by atoms with Gasteiger partial charge in [-0.2, -0.15) is 0 Å². The van der Waals surface area contributed by atoms with E-state index in [0.717, 1.165) is 31.6 Å². The molecule has 1 aromatic carbocycles. The van der Waals surface area contributed by atoms with Crippen molar-refractivity contribution in [2.75, 3.05) is 26.8 Å². The number of rotatable bonds is 5. The van der Waals surface area contributed by atoms with Gasteiger partial charge in [-0.25, -0.2) is 0 Å². The van der Waals surface area contributed by atoms with Crippen LogP contribution in [-0.2, 0) is 16.0 Å². The Labute approximate surface area is 125 Å². The molecule has 2 rings (SSSR count). The molecule has 1 fully saturated rings. The number of hydrogen-bond donors (Lipinski definition) is 2. The van der Waals surface area contributed by atoms with E-state index in [1.807, 2.05) is 0 Å². The van der Waals surface area contributed by atoms with E-state index >= 15 is 0 Å². The van der Waals surface area contributed by atoms with Gasteiger partial charge in [0.25, 0.3) is 0 Å². The zero-order chi connectivity index (χ0) is 15.2. The average molecular weight is 292 g/mol. The van der Waals surface area contributed by atoms with Crippen LogP contribution in [0.5, 0.6) is 5.75 Å². The SMILES string of the molecule is CN(CC1CCCOC1)C(=O)[C@H](N)Cc1ccc(O)cc1. The highest BCUT2D eigenvalue weighted by Crippen LogP contribution is 2.15. The van der Waals surface area contributed by atoms with Crippen molar-refractivity contribution in [2.24, 2.45) is 11.7 Å². The van der Waals surface area contributed by atoms with Gasteiger partial charge in [-0.3, -0.25) is 4.79 Å². The van der Waals surface area contributed by atoms with Crippen LogP contribution >= 0.6 is 0 Å². The van der Waals surface area contributed by atoms with Crippen molar-refractivity contribution in [3.05, 3.63) is 29.8 Å². The predicted octanol–water partition coefficient (Wildman–Crippen LogP) is 1.15. The van der Waals surface area contributed by atoms with Crippen LogP contribution < -0.4 is 5.73 Å². The molecule has 0 aliphatic carbocycles. The smallest absolute Gasteiger partial charge is 0.239 e. The minimum absolute atomic E-state index is 0.0475. The average Bonchev–Trinajstić information content (AvgIpc) is 2.49. The first-order chi connectivity index (χ1) is 10.1. The molecule has 0 bridgehead atoms. The zero-order valence-electron chi connectivity index (χ0n) is 12.5. The Morgan fingerprint density at radius 3 is 2.81 bits per heavy atom. The third-order valence-corrected chi connectivity index (χ3v) is 3.87. The molecule has 1 amide bonds. The van der Waals surface area contributed by atoms with E-state index in [4.69, 9.17) is 10.5 Å². The van der Waals surface area contributed by atoms with Crippen LogP contribution in [0.4, 0.5) is 0 Å². The Hall–Kier alpha value is -1.59. The highest BCUT2D eigenvalue weighted by atomic mass is 16.5. The number of nitrogens with two attached hydrogens (primary N) is 1. The van der Waals surface area contributed by atoms with E-state index in [2.05, 4.69) is 0 Å². The maximum Gasteiger partial charge on any atom is 0.239 e. The van der Waals surface area contributed by atoms with Gasteiger partial charge in [0.05, 0.1) is 12.6 Å². The van der Waals surface area contributed by atoms with Crippen LogP contribution in [0.1, 0.15) is 18.4 Å². The number of aromatic hydroxyl groups is 1. The van der Waals surface area contributed by atoms with E-state index in [0.29, 0.717) is 18.9 Å². The van der Waals surface area contributed by atoms with E-state index < -0.39 is 6.04 Å². The number of benzene rings is 1. The van der Waals surface area contributed by atoms with Gasteiger partial charge in [-0.05, 0) is 42.9 Å². The van der Waals surface area contributed by atoms with Gasteiger partial charge >= 0.3 is 0 Å². The number of phenolic OH excluding ortho intramolecular Hbond substituents is 1. The minimum atomic E-state index is -0.552. The number of nitrogens with zero attached hydrogens (tertiary/aromatic N) is 1. The quantitative estimate of drug-likeness (QED) is 0.853. The van der Waals surface area contributed by atoms with Gasteiger partial charge in [0.15, 0.2) is 0 Å². The molecule has 1 saturated heterocycles. The molecule has 2 atom stereocenters. The van der Waals surface area contributed by atoms with Gasteiger partial charge in [-0.1, -0.05) is 12.1 Å². The summed E-state index contributed by atoms with van der Waals surface area (Å²) < 4.78 is 5.44. The van der Waals surface area contributed by atoms with Gasteiger partial charge < -0.3 is 20.5 Å². The first-order valence-electron chi connectivity index (χ1n) is 7.42. The van der Waals surface area contributed by atoms with Crippen molar-refractivity contribution in [2.45, 2.75) is 25.3 Å². The second-order valence-corrected chi connectivity index (χ2v) is 5.78. The maximum absolute atomic E-state index is 12.3. The second kappa shape index (κ2) is 7.43. The number of amides is 1. The number of ether oxygens (including phenoxy) is 1. The third kappa shape index (κ3) is 4.72. The monoisotopic (exact) mass is 292 g/mol. The minimum Gasteiger partial charge on any atom is -0.508 e. The molecule has 1 unspecified atom stereocenters. The Morgan fingerprint density at radius 1 is 1.48 bits per heavy atom. The lowest BCUT2D eigenvalue weighted by Gasteiger charge is -2.28. The Balaban J connectivity index is 1.84. The van der Waals surface area contributed by atoms with Gasteiger partial charge in [0.1, 0.15) is 5.75 Å². The fourth-order valence-electron chi connectivity index (χ4n) is 2.69. The van der Waals surface area contributed by atoms with Gasteiger partial charge in [-0.15, -0.1) is 0 Å². The van der Waals surface area contributed by atoms with Crippen LogP contribution in [0.15, 0.2) is 24.3 Å². The van der Waals surface area contributed by atoms with Gasteiger partial charge in [0.2, 0.25) is 5.91 Å². The lowest BCUT2D eigenvalue weighted by atomic mass is 10.0. The fraction of sp³-hybridized carbons (Fsp3) is 0.562.